The third-order valence-corrected chi connectivity index (χ3v) is 4.04. The molecule has 0 spiro atoms. The van der Waals surface area contributed by atoms with E-state index >= 15 is 0 Å². The van der Waals surface area contributed by atoms with Crippen LogP contribution in [0.2, 0.25) is 0 Å². The molecule has 0 aromatic carbocycles. The Morgan fingerprint density at radius 3 is 2.50 bits per heavy atom. The van der Waals surface area contributed by atoms with Crippen molar-refractivity contribution in [3.8, 4) is 0 Å². The molecule has 1 fully saturated rings. The Morgan fingerprint density at radius 1 is 1.50 bits per heavy atom. The SMILES string of the molecule is CN(C1CC1)S(=O)(=O)CCCO. The van der Waals surface area contributed by atoms with Crippen molar-refractivity contribution in [3.63, 3.8) is 0 Å². The van der Waals surface area contributed by atoms with Gasteiger partial charge in [0, 0.05) is 19.7 Å². The van der Waals surface area contributed by atoms with E-state index < -0.39 is 10.0 Å². The maximum Gasteiger partial charge on any atom is 0.214 e. The van der Waals surface area contributed by atoms with Crippen molar-refractivity contribution in [2.75, 3.05) is 19.4 Å². The lowest BCUT2D eigenvalue weighted by molar-refractivity contribution is 0.294. The van der Waals surface area contributed by atoms with Crippen molar-refractivity contribution < 1.29 is 13.5 Å². The standard InChI is InChI=1S/C7H15NO3S/c1-8(7-3-4-7)12(10,11)6-2-5-9/h7,9H,2-6H2,1H3. The molecular formula is C7H15NO3S. The van der Waals surface area contributed by atoms with Crippen LogP contribution in [0.25, 0.3) is 0 Å². The van der Waals surface area contributed by atoms with E-state index in [0.29, 0.717) is 6.42 Å². The van der Waals surface area contributed by atoms with E-state index in [9.17, 15) is 8.42 Å². The molecule has 1 aliphatic rings. The zero-order valence-corrected chi connectivity index (χ0v) is 8.05. The first-order chi connectivity index (χ1) is 5.58. The second-order valence-corrected chi connectivity index (χ2v) is 5.29. The van der Waals surface area contributed by atoms with E-state index in [1.54, 1.807) is 7.05 Å². The van der Waals surface area contributed by atoms with Crippen LogP contribution >= 0.6 is 0 Å². The summed E-state index contributed by atoms with van der Waals surface area (Å²) in [6.45, 7) is -0.0578. The van der Waals surface area contributed by atoms with Crippen LogP contribution in [-0.4, -0.2) is 43.3 Å². The van der Waals surface area contributed by atoms with Gasteiger partial charge in [0.25, 0.3) is 0 Å². The van der Waals surface area contributed by atoms with Gasteiger partial charge in [-0.3, -0.25) is 0 Å². The third-order valence-electron chi connectivity index (χ3n) is 2.06. The second kappa shape index (κ2) is 3.72. The molecule has 0 atom stereocenters. The summed E-state index contributed by atoms with van der Waals surface area (Å²) in [5, 5.41) is 8.48. The van der Waals surface area contributed by atoms with Gasteiger partial charge in [-0.15, -0.1) is 0 Å². The second-order valence-electron chi connectivity index (χ2n) is 3.14. The highest BCUT2D eigenvalue weighted by Crippen LogP contribution is 2.27. The molecule has 0 amide bonds. The maximum atomic E-state index is 11.4. The van der Waals surface area contributed by atoms with E-state index in [1.807, 2.05) is 0 Å². The lowest BCUT2D eigenvalue weighted by Crippen LogP contribution is -2.31. The van der Waals surface area contributed by atoms with Gasteiger partial charge < -0.3 is 5.11 Å². The molecule has 0 heterocycles. The zero-order chi connectivity index (χ0) is 9.19. The predicted octanol–water partition coefficient (Wildman–Crippen LogP) is -0.207. The van der Waals surface area contributed by atoms with Gasteiger partial charge in [-0.2, -0.15) is 0 Å². The molecule has 0 aliphatic heterocycles. The third kappa shape index (κ3) is 2.43. The summed E-state index contributed by atoms with van der Waals surface area (Å²) < 4.78 is 24.2. The molecule has 72 valence electrons. The number of hydrogen-bond donors (Lipinski definition) is 1. The molecule has 5 heteroatoms. The van der Waals surface area contributed by atoms with E-state index in [1.165, 1.54) is 4.31 Å². The number of rotatable bonds is 5. The fourth-order valence-electron chi connectivity index (χ4n) is 1.06. The van der Waals surface area contributed by atoms with Crippen molar-refractivity contribution in [3.05, 3.63) is 0 Å². The Morgan fingerprint density at radius 2 is 2.08 bits per heavy atom. The van der Waals surface area contributed by atoms with Crippen molar-refractivity contribution >= 4 is 10.0 Å². The summed E-state index contributed by atoms with van der Waals surface area (Å²) in [5.74, 6) is 0.0660. The summed E-state index contributed by atoms with van der Waals surface area (Å²) in [6, 6.07) is 0.230. The van der Waals surface area contributed by atoms with Crippen LogP contribution in [0, 0.1) is 0 Å². The van der Waals surface area contributed by atoms with Crippen molar-refractivity contribution in [2.24, 2.45) is 0 Å². The summed E-state index contributed by atoms with van der Waals surface area (Å²) in [4.78, 5) is 0. The van der Waals surface area contributed by atoms with Gasteiger partial charge in [-0.25, -0.2) is 12.7 Å². The molecule has 0 aromatic heterocycles. The first-order valence-electron chi connectivity index (χ1n) is 4.14. The minimum Gasteiger partial charge on any atom is -0.396 e. The van der Waals surface area contributed by atoms with Crippen LogP contribution in [0.4, 0.5) is 0 Å². The van der Waals surface area contributed by atoms with E-state index in [-0.39, 0.29) is 18.4 Å². The number of aliphatic hydroxyl groups is 1. The van der Waals surface area contributed by atoms with E-state index in [0.717, 1.165) is 12.8 Å². The van der Waals surface area contributed by atoms with Crippen molar-refractivity contribution in [1.82, 2.24) is 4.31 Å². The molecule has 12 heavy (non-hydrogen) atoms. The Balaban J connectivity index is 2.45. The highest BCUT2D eigenvalue weighted by molar-refractivity contribution is 7.89. The van der Waals surface area contributed by atoms with Crippen LogP contribution in [0.3, 0.4) is 0 Å². The minimum absolute atomic E-state index is 0.0578. The van der Waals surface area contributed by atoms with Crippen LogP contribution in [-0.2, 0) is 10.0 Å². The molecule has 1 N–H and O–H groups in total. The van der Waals surface area contributed by atoms with E-state index in [4.69, 9.17) is 5.11 Å². The monoisotopic (exact) mass is 193 g/mol. The summed E-state index contributed by atoms with van der Waals surface area (Å²) in [5.41, 5.74) is 0. The fraction of sp³-hybridized carbons (Fsp3) is 1.00. The predicted molar refractivity (Wildman–Crippen MR) is 46.3 cm³/mol. The molecule has 0 bridgehead atoms. The van der Waals surface area contributed by atoms with Crippen LogP contribution in [0.5, 0.6) is 0 Å². The Bertz CT molecular complexity index is 233. The maximum absolute atomic E-state index is 11.4. The zero-order valence-electron chi connectivity index (χ0n) is 7.23. The average molecular weight is 193 g/mol. The van der Waals surface area contributed by atoms with Gasteiger partial charge in [0.2, 0.25) is 10.0 Å². The number of sulfonamides is 1. The van der Waals surface area contributed by atoms with Gasteiger partial charge in [0.1, 0.15) is 0 Å². The Labute approximate surface area is 73.2 Å². The quantitative estimate of drug-likeness (QED) is 0.657. The Kier molecular flexibility index (Phi) is 3.09. The van der Waals surface area contributed by atoms with Gasteiger partial charge >= 0.3 is 0 Å². The molecule has 1 aliphatic carbocycles. The molecule has 0 unspecified atom stereocenters. The smallest absolute Gasteiger partial charge is 0.214 e. The summed E-state index contributed by atoms with van der Waals surface area (Å²) in [6.07, 6.45) is 2.29. The molecule has 1 saturated carbocycles. The minimum atomic E-state index is -3.09. The lowest BCUT2D eigenvalue weighted by atomic mass is 10.5. The van der Waals surface area contributed by atoms with Gasteiger partial charge in [-0.05, 0) is 19.3 Å². The van der Waals surface area contributed by atoms with Gasteiger partial charge in [0.05, 0.1) is 5.75 Å². The number of nitrogens with zero attached hydrogens (tertiary/aromatic N) is 1. The summed E-state index contributed by atoms with van der Waals surface area (Å²) >= 11 is 0. The topological polar surface area (TPSA) is 57.6 Å². The normalized spacial score (nSPS) is 18.6. The van der Waals surface area contributed by atoms with Gasteiger partial charge in [0.15, 0.2) is 0 Å². The first kappa shape index (κ1) is 9.95. The largest absolute Gasteiger partial charge is 0.396 e. The van der Waals surface area contributed by atoms with E-state index in [2.05, 4.69) is 0 Å². The lowest BCUT2D eigenvalue weighted by Gasteiger charge is -2.15. The average Bonchev–Trinajstić information content (AvgIpc) is 2.82. The van der Waals surface area contributed by atoms with Gasteiger partial charge in [-0.1, -0.05) is 0 Å². The van der Waals surface area contributed by atoms with Crippen LogP contribution in [0.15, 0.2) is 0 Å². The number of aliphatic hydroxyl groups excluding tert-OH is 1. The highest BCUT2D eigenvalue weighted by Gasteiger charge is 2.33. The fourth-order valence-corrected chi connectivity index (χ4v) is 2.50. The molecular weight excluding hydrogens is 178 g/mol. The van der Waals surface area contributed by atoms with Crippen LogP contribution < -0.4 is 0 Å². The van der Waals surface area contributed by atoms with Crippen LogP contribution in [0.1, 0.15) is 19.3 Å². The van der Waals surface area contributed by atoms with Crippen molar-refractivity contribution in [1.29, 1.82) is 0 Å². The first-order valence-corrected chi connectivity index (χ1v) is 5.75. The Hall–Kier alpha value is -0.130. The molecule has 4 nitrogen and oxygen atoms in total. The van der Waals surface area contributed by atoms with Crippen molar-refractivity contribution in [2.45, 2.75) is 25.3 Å². The number of hydrogen-bond acceptors (Lipinski definition) is 3. The molecule has 0 radical (unpaired) electrons. The summed E-state index contributed by atoms with van der Waals surface area (Å²) in [7, 11) is -1.47. The highest BCUT2D eigenvalue weighted by atomic mass is 32.2. The molecule has 0 saturated heterocycles. The molecule has 0 aromatic rings. The molecule has 1 rings (SSSR count).